The number of ether oxygens (including phenoxy) is 1. The van der Waals surface area contributed by atoms with Gasteiger partial charge in [0.25, 0.3) is 0 Å². The molecular formula is C15H20Cl2N4O2. The fraction of sp³-hybridized carbons (Fsp3) is 0.333. The summed E-state index contributed by atoms with van der Waals surface area (Å²) < 4.78 is 7.24. The first-order valence-electron chi connectivity index (χ1n) is 7.00. The number of hydrogen-bond donors (Lipinski definition) is 2. The molecule has 1 amide bonds. The highest BCUT2D eigenvalue weighted by Gasteiger charge is 2.16. The molecule has 1 saturated heterocycles. The third-order valence-electron chi connectivity index (χ3n) is 3.36. The van der Waals surface area contributed by atoms with E-state index < -0.39 is 0 Å². The summed E-state index contributed by atoms with van der Waals surface area (Å²) in [5.41, 5.74) is 1.74. The summed E-state index contributed by atoms with van der Waals surface area (Å²) in [5.74, 6) is -0.0132. The number of hydrogen-bond acceptors (Lipinski definition) is 4. The van der Waals surface area contributed by atoms with E-state index in [1.807, 2.05) is 35.0 Å². The Morgan fingerprint density at radius 2 is 2.30 bits per heavy atom. The van der Waals surface area contributed by atoms with Gasteiger partial charge in [-0.2, -0.15) is 0 Å². The minimum absolute atomic E-state index is 0. The molecule has 0 aliphatic carbocycles. The molecule has 0 bridgehead atoms. The molecule has 0 radical (unpaired) electrons. The van der Waals surface area contributed by atoms with Gasteiger partial charge in [-0.3, -0.25) is 4.79 Å². The van der Waals surface area contributed by atoms with Crippen LogP contribution in [0.2, 0.25) is 0 Å². The number of aromatic nitrogens is 2. The van der Waals surface area contributed by atoms with Gasteiger partial charge in [0.05, 0.1) is 19.5 Å². The Morgan fingerprint density at radius 1 is 1.43 bits per heavy atom. The third-order valence-corrected chi connectivity index (χ3v) is 3.36. The Labute approximate surface area is 147 Å². The zero-order chi connectivity index (χ0) is 14.5. The van der Waals surface area contributed by atoms with Crippen molar-refractivity contribution in [2.45, 2.75) is 12.5 Å². The van der Waals surface area contributed by atoms with Crippen LogP contribution in [0.1, 0.15) is 6.42 Å². The lowest BCUT2D eigenvalue weighted by Gasteiger charge is -2.23. The van der Waals surface area contributed by atoms with E-state index in [2.05, 4.69) is 15.6 Å². The first-order valence-corrected chi connectivity index (χ1v) is 7.00. The number of carbonyl (C=O) groups is 1. The molecule has 2 N–H and O–H groups in total. The van der Waals surface area contributed by atoms with Crippen LogP contribution in [0, 0.1) is 0 Å². The van der Waals surface area contributed by atoms with Crippen LogP contribution >= 0.6 is 24.8 Å². The van der Waals surface area contributed by atoms with Gasteiger partial charge in [0, 0.05) is 42.8 Å². The van der Waals surface area contributed by atoms with Crippen LogP contribution in [0.5, 0.6) is 0 Å². The maximum absolute atomic E-state index is 12.1. The lowest BCUT2D eigenvalue weighted by atomic mass is 10.2. The van der Waals surface area contributed by atoms with Crippen molar-refractivity contribution in [1.29, 1.82) is 0 Å². The number of nitrogens with zero attached hydrogens (tertiary/aromatic N) is 2. The Morgan fingerprint density at radius 3 is 3.00 bits per heavy atom. The topological polar surface area (TPSA) is 68.2 Å². The standard InChI is InChI=1S/C15H18N4O2.2ClH/c20-15(9-13-10-21-7-5-17-13)18-12-2-1-3-14(8-12)19-6-4-16-11-19;;/h1-4,6,8,11,13,17H,5,7,9-10H2,(H,18,20);2*1H. The van der Waals surface area contributed by atoms with E-state index in [0.717, 1.165) is 17.9 Å². The number of carbonyl (C=O) groups excluding carboxylic acids is 1. The molecule has 8 heteroatoms. The first kappa shape index (κ1) is 19.4. The number of morpholine rings is 1. The van der Waals surface area contributed by atoms with Gasteiger partial charge in [-0.05, 0) is 18.2 Å². The van der Waals surface area contributed by atoms with E-state index in [9.17, 15) is 4.79 Å². The van der Waals surface area contributed by atoms with Gasteiger partial charge in [-0.15, -0.1) is 24.8 Å². The number of anilines is 1. The van der Waals surface area contributed by atoms with Crippen molar-refractivity contribution in [3.63, 3.8) is 0 Å². The molecule has 1 aliphatic rings. The summed E-state index contributed by atoms with van der Waals surface area (Å²) in [6.45, 7) is 2.10. The lowest BCUT2D eigenvalue weighted by molar-refractivity contribution is -0.117. The van der Waals surface area contributed by atoms with E-state index in [0.29, 0.717) is 19.6 Å². The smallest absolute Gasteiger partial charge is 0.226 e. The number of nitrogens with one attached hydrogen (secondary N) is 2. The molecule has 126 valence electrons. The van der Waals surface area contributed by atoms with Crippen molar-refractivity contribution in [3.05, 3.63) is 43.0 Å². The molecule has 1 aromatic carbocycles. The Kier molecular flexibility index (Phi) is 8.05. The second kappa shape index (κ2) is 9.52. The minimum Gasteiger partial charge on any atom is -0.378 e. The molecule has 1 aromatic heterocycles. The average Bonchev–Trinajstić information content (AvgIpc) is 3.02. The van der Waals surface area contributed by atoms with Gasteiger partial charge in [0.2, 0.25) is 5.91 Å². The summed E-state index contributed by atoms with van der Waals surface area (Å²) in [7, 11) is 0. The highest BCUT2D eigenvalue weighted by atomic mass is 35.5. The van der Waals surface area contributed by atoms with Gasteiger partial charge in [0.15, 0.2) is 0 Å². The average molecular weight is 359 g/mol. The molecule has 2 aromatic rings. The molecule has 2 heterocycles. The number of halogens is 2. The zero-order valence-electron chi connectivity index (χ0n) is 12.5. The van der Waals surface area contributed by atoms with Crippen molar-refractivity contribution in [2.24, 2.45) is 0 Å². The zero-order valence-corrected chi connectivity index (χ0v) is 14.1. The molecule has 6 nitrogen and oxygen atoms in total. The highest BCUT2D eigenvalue weighted by molar-refractivity contribution is 5.91. The number of rotatable bonds is 4. The van der Waals surface area contributed by atoms with Crippen LogP contribution in [0.3, 0.4) is 0 Å². The fourth-order valence-corrected chi connectivity index (χ4v) is 2.34. The molecule has 1 aliphatic heterocycles. The third kappa shape index (κ3) is 5.51. The van der Waals surface area contributed by atoms with Crippen LogP contribution in [0.25, 0.3) is 5.69 Å². The Hall–Kier alpha value is -1.60. The Balaban J connectivity index is 0.00000132. The van der Waals surface area contributed by atoms with E-state index >= 15 is 0 Å². The molecule has 3 rings (SSSR count). The number of imidazole rings is 1. The summed E-state index contributed by atoms with van der Waals surface area (Å²) in [6.07, 6.45) is 5.73. The molecule has 23 heavy (non-hydrogen) atoms. The second-order valence-corrected chi connectivity index (χ2v) is 5.00. The fourth-order valence-electron chi connectivity index (χ4n) is 2.34. The number of amides is 1. The van der Waals surface area contributed by atoms with E-state index in [1.165, 1.54) is 0 Å². The van der Waals surface area contributed by atoms with Crippen molar-refractivity contribution < 1.29 is 9.53 Å². The van der Waals surface area contributed by atoms with E-state index in [4.69, 9.17) is 4.74 Å². The maximum Gasteiger partial charge on any atom is 0.226 e. The molecule has 0 saturated carbocycles. The second-order valence-electron chi connectivity index (χ2n) is 5.00. The maximum atomic E-state index is 12.1. The predicted octanol–water partition coefficient (Wildman–Crippen LogP) is 2.03. The number of benzene rings is 1. The van der Waals surface area contributed by atoms with Crippen LogP contribution in [0.15, 0.2) is 43.0 Å². The monoisotopic (exact) mass is 358 g/mol. The van der Waals surface area contributed by atoms with Crippen molar-refractivity contribution >= 4 is 36.4 Å². The van der Waals surface area contributed by atoms with Gasteiger partial charge in [-0.25, -0.2) is 4.98 Å². The van der Waals surface area contributed by atoms with Gasteiger partial charge >= 0.3 is 0 Å². The predicted molar refractivity (Wildman–Crippen MR) is 93.9 cm³/mol. The minimum atomic E-state index is -0.0132. The summed E-state index contributed by atoms with van der Waals surface area (Å²) in [6, 6.07) is 7.77. The molecular weight excluding hydrogens is 339 g/mol. The van der Waals surface area contributed by atoms with Gasteiger partial charge < -0.3 is 19.9 Å². The van der Waals surface area contributed by atoms with Crippen molar-refractivity contribution in [3.8, 4) is 5.69 Å². The first-order chi connectivity index (χ1) is 10.3. The van der Waals surface area contributed by atoms with Crippen LogP contribution in [-0.4, -0.2) is 41.3 Å². The SMILES string of the molecule is Cl.Cl.O=C(CC1COCCN1)Nc1cccc(-n2ccnc2)c1. The van der Waals surface area contributed by atoms with E-state index in [1.54, 1.807) is 12.5 Å². The van der Waals surface area contributed by atoms with Crippen LogP contribution < -0.4 is 10.6 Å². The normalized spacial score (nSPS) is 16.8. The highest BCUT2D eigenvalue weighted by Crippen LogP contribution is 2.15. The summed E-state index contributed by atoms with van der Waals surface area (Å²) in [4.78, 5) is 16.1. The molecule has 0 spiro atoms. The van der Waals surface area contributed by atoms with Crippen LogP contribution in [0.4, 0.5) is 5.69 Å². The quantitative estimate of drug-likeness (QED) is 0.877. The van der Waals surface area contributed by atoms with Gasteiger partial charge in [-0.1, -0.05) is 6.07 Å². The summed E-state index contributed by atoms with van der Waals surface area (Å²) in [5, 5.41) is 6.19. The van der Waals surface area contributed by atoms with E-state index in [-0.39, 0.29) is 36.8 Å². The summed E-state index contributed by atoms with van der Waals surface area (Å²) >= 11 is 0. The molecule has 1 unspecified atom stereocenters. The lowest BCUT2D eigenvalue weighted by Crippen LogP contribution is -2.43. The van der Waals surface area contributed by atoms with Gasteiger partial charge in [0.1, 0.15) is 0 Å². The van der Waals surface area contributed by atoms with Crippen LogP contribution in [-0.2, 0) is 9.53 Å². The Bertz CT molecular complexity index is 601. The van der Waals surface area contributed by atoms with Crippen molar-refractivity contribution in [2.75, 3.05) is 25.1 Å². The largest absolute Gasteiger partial charge is 0.378 e. The molecule has 1 atom stereocenters. The van der Waals surface area contributed by atoms with Crippen molar-refractivity contribution in [1.82, 2.24) is 14.9 Å². The molecule has 1 fully saturated rings.